The molecule has 0 saturated heterocycles. The largest absolute Gasteiger partial charge is 0.321 e. The highest BCUT2D eigenvalue weighted by molar-refractivity contribution is 5.93. The van der Waals surface area contributed by atoms with Gasteiger partial charge in [0, 0.05) is 17.9 Å². The van der Waals surface area contributed by atoms with Gasteiger partial charge < -0.3 is 9.88 Å². The normalized spacial score (nSPS) is 19.0. The molecular weight excluding hydrogens is 362 g/mol. The number of amides is 1. The highest BCUT2D eigenvalue weighted by Crippen LogP contribution is 2.47. The number of nitrogens with one attached hydrogen (secondary N) is 1. The van der Waals surface area contributed by atoms with E-state index in [-0.39, 0.29) is 11.9 Å². The minimum absolute atomic E-state index is 0.241. The molecule has 1 fully saturated rings. The molecule has 0 aromatic carbocycles. The quantitative estimate of drug-likeness (QED) is 0.701. The molecule has 0 bridgehead atoms. The van der Waals surface area contributed by atoms with Crippen LogP contribution in [0.4, 0.5) is 0 Å². The summed E-state index contributed by atoms with van der Waals surface area (Å²) in [6.07, 6.45) is 10.2. The maximum atomic E-state index is 12.5. The molecule has 2 atom stereocenters. The van der Waals surface area contributed by atoms with E-state index in [0.717, 1.165) is 17.0 Å². The Kier molecular flexibility index (Phi) is 6.11. The van der Waals surface area contributed by atoms with E-state index in [4.69, 9.17) is 0 Å². The molecule has 0 spiro atoms. The number of aryl methyl sites for hydroxylation is 1. The Morgan fingerprint density at radius 1 is 1.41 bits per heavy atom. The molecule has 6 heteroatoms. The second-order valence-electron chi connectivity index (χ2n) is 8.09. The highest BCUT2D eigenvalue weighted by atomic mass is 16.1. The minimum Gasteiger partial charge on any atom is -0.321 e. The second kappa shape index (κ2) is 8.55. The van der Waals surface area contributed by atoms with Gasteiger partial charge in [0.15, 0.2) is 5.82 Å². The lowest BCUT2D eigenvalue weighted by Crippen LogP contribution is -2.22. The zero-order valence-electron chi connectivity index (χ0n) is 17.8. The summed E-state index contributed by atoms with van der Waals surface area (Å²) >= 11 is 0. The Balaban J connectivity index is 1.63. The predicted octanol–water partition coefficient (Wildman–Crippen LogP) is 4.59. The van der Waals surface area contributed by atoms with E-state index in [0.29, 0.717) is 23.2 Å². The fourth-order valence-corrected chi connectivity index (χ4v) is 3.36. The fourth-order valence-electron chi connectivity index (χ4n) is 3.36. The first kappa shape index (κ1) is 20.7. The van der Waals surface area contributed by atoms with Crippen molar-refractivity contribution in [1.82, 2.24) is 25.1 Å². The van der Waals surface area contributed by atoms with Crippen LogP contribution in [0, 0.1) is 12.8 Å². The molecule has 2 heterocycles. The van der Waals surface area contributed by atoms with Crippen LogP contribution in [0.3, 0.4) is 0 Å². The van der Waals surface area contributed by atoms with Crippen LogP contribution in [0.5, 0.6) is 0 Å². The lowest BCUT2D eigenvalue weighted by molar-refractivity contribution is 0.0962. The number of hydrogen-bond donors (Lipinski definition) is 1. The van der Waals surface area contributed by atoms with Gasteiger partial charge in [0.1, 0.15) is 12.0 Å². The monoisotopic (exact) mass is 391 g/mol. The molecule has 1 amide bonds. The standard InChI is InChI=1S/C23H29N5O/c1-14(2)28-13-25-27-22(28)15(3)8-7-9-18(6)26-23(29)21-11-20(17(5)12-24-21)19-10-16(19)4/h7-9,11-14,16,19H,6,10H2,1-5H3,(H,26,29)/b9-7-,15-8+. The van der Waals surface area contributed by atoms with E-state index in [1.807, 2.05) is 36.6 Å². The molecular formula is C23H29N5O. The third-order valence-electron chi connectivity index (χ3n) is 5.29. The van der Waals surface area contributed by atoms with Gasteiger partial charge in [0.25, 0.3) is 5.91 Å². The van der Waals surface area contributed by atoms with Crippen LogP contribution < -0.4 is 5.32 Å². The first-order chi connectivity index (χ1) is 13.8. The van der Waals surface area contributed by atoms with Gasteiger partial charge in [-0.3, -0.25) is 9.78 Å². The number of aromatic nitrogens is 4. The molecule has 1 aliphatic carbocycles. The van der Waals surface area contributed by atoms with Gasteiger partial charge in [-0.05, 0) is 74.8 Å². The second-order valence-corrected chi connectivity index (χ2v) is 8.09. The highest BCUT2D eigenvalue weighted by Gasteiger charge is 2.35. The van der Waals surface area contributed by atoms with Crippen LogP contribution in [-0.2, 0) is 0 Å². The fraction of sp³-hybridized carbons (Fsp3) is 0.391. The molecule has 2 unspecified atom stereocenters. The van der Waals surface area contributed by atoms with Gasteiger partial charge in [-0.25, -0.2) is 0 Å². The zero-order chi connectivity index (χ0) is 21.1. The van der Waals surface area contributed by atoms with Gasteiger partial charge in [0.2, 0.25) is 0 Å². The summed E-state index contributed by atoms with van der Waals surface area (Å²) in [6.45, 7) is 14.3. The molecule has 1 aliphatic rings. The van der Waals surface area contributed by atoms with Crippen molar-refractivity contribution in [3.8, 4) is 0 Å². The SMILES string of the molecule is C=C(/C=C\C=C(/C)c1nncn1C(C)C)NC(=O)c1cc(C2CC2C)c(C)cn1. The van der Waals surface area contributed by atoms with Crippen molar-refractivity contribution in [1.29, 1.82) is 0 Å². The van der Waals surface area contributed by atoms with Gasteiger partial charge in [-0.2, -0.15) is 0 Å². The van der Waals surface area contributed by atoms with E-state index in [9.17, 15) is 4.79 Å². The van der Waals surface area contributed by atoms with Crippen LogP contribution in [0.2, 0.25) is 0 Å². The third-order valence-corrected chi connectivity index (χ3v) is 5.29. The van der Waals surface area contributed by atoms with Gasteiger partial charge >= 0.3 is 0 Å². The number of carbonyl (C=O) groups excluding carboxylic acids is 1. The maximum absolute atomic E-state index is 12.5. The summed E-state index contributed by atoms with van der Waals surface area (Å²) < 4.78 is 2.01. The summed E-state index contributed by atoms with van der Waals surface area (Å²) in [4.78, 5) is 16.8. The average molecular weight is 392 g/mol. The molecule has 2 aromatic rings. The lowest BCUT2D eigenvalue weighted by Gasteiger charge is -2.09. The molecule has 0 aliphatic heterocycles. The molecule has 3 rings (SSSR count). The van der Waals surface area contributed by atoms with Gasteiger partial charge in [-0.1, -0.05) is 25.7 Å². The summed E-state index contributed by atoms with van der Waals surface area (Å²) in [5, 5.41) is 11.0. The molecule has 1 N–H and O–H groups in total. The van der Waals surface area contributed by atoms with Crippen molar-refractivity contribution in [2.75, 3.05) is 0 Å². The van der Waals surface area contributed by atoms with Gasteiger partial charge in [0.05, 0.1) is 0 Å². The summed E-state index contributed by atoms with van der Waals surface area (Å²) in [6, 6.07) is 2.20. The number of nitrogens with zero attached hydrogens (tertiary/aromatic N) is 4. The van der Waals surface area contributed by atoms with Crippen molar-refractivity contribution in [3.63, 3.8) is 0 Å². The third kappa shape index (κ3) is 4.88. The number of carbonyl (C=O) groups is 1. The van der Waals surface area contributed by atoms with E-state index in [2.05, 4.69) is 47.8 Å². The van der Waals surface area contributed by atoms with Crippen molar-refractivity contribution < 1.29 is 4.79 Å². The van der Waals surface area contributed by atoms with E-state index in [1.165, 1.54) is 12.0 Å². The first-order valence-electron chi connectivity index (χ1n) is 9.99. The van der Waals surface area contributed by atoms with Crippen LogP contribution in [0.15, 0.2) is 49.1 Å². The van der Waals surface area contributed by atoms with Crippen LogP contribution in [0.25, 0.3) is 5.57 Å². The lowest BCUT2D eigenvalue weighted by atomic mass is 10.0. The minimum atomic E-state index is -0.241. The van der Waals surface area contributed by atoms with Crippen molar-refractivity contribution in [3.05, 3.63) is 71.7 Å². The Morgan fingerprint density at radius 2 is 2.14 bits per heavy atom. The summed E-state index contributed by atoms with van der Waals surface area (Å²) in [5.41, 5.74) is 4.29. The Hall–Kier alpha value is -3.02. The van der Waals surface area contributed by atoms with Crippen molar-refractivity contribution in [2.45, 2.75) is 53.0 Å². The van der Waals surface area contributed by atoms with E-state index >= 15 is 0 Å². The average Bonchev–Trinajstić information content (AvgIpc) is 3.18. The zero-order valence-corrected chi connectivity index (χ0v) is 17.8. The molecule has 152 valence electrons. The van der Waals surface area contributed by atoms with Crippen molar-refractivity contribution >= 4 is 11.5 Å². The number of pyridine rings is 1. The number of rotatable bonds is 7. The Morgan fingerprint density at radius 3 is 2.79 bits per heavy atom. The topological polar surface area (TPSA) is 72.7 Å². The maximum Gasteiger partial charge on any atom is 0.274 e. The number of allylic oxidation sites excluding steroid dienone is 4. The summed E-state index contributed by atoms with van der Waals surface area (Å²) in [7, 11) is 0. The van der Waals surface area contributed by atoms with Crippen molar-refractivity contribution in [2.24, 2.45) is 5.92 Å². The molecule has 29 heavy (non-hydrogen) atoms. The van der Waals surface area contributed by atoms with Crippen LogP contribution in [-0.4, -0.2) is 25.7 Å². The molecule has 2 aromatic heterocycles. The molecule has 1 saturated carbocycles. The Bertz CT molecular complexity index is 983. The van der Waals surface area contributed by atoms with Crippen LogP contribution >= 0.6 is 0 Å². The predicted molar refractivity (Wildman–Crippen MR) is 115 cm³/mol. The summed E-state index contributed by atoms with van der Waals surface area (Å²) in [5.74, 6) is 1.81. The Labute approximate surface area is 172 Å². The molecule has 0 radical (unpaired) electrons. The van der Waals surface area contributed by atoms with Crippen LogP contribution in [0.1, 0.15) is 73.5 Å². The van der Waals surface area contributed by atoms with E-state index < -0.39 is 0 Å². The van der Waals surface area contributed by atoms with Gasteiger partial charge in [-0.15, -0.1) is 10.2 Å². The number of hydrogen-bond acceptors (Lipinski definition) is 4. The smallest absolute Gasteiger partial charge is 0.274 e. The van der Waals surface area contributed by atoms with E-state index in [1.54, 1.807) is 18.6 Å². The first-order valence-corrected chi connectivity index (χ1v) is 9.99. The molecule has 6 nitrogen and oxygen atoms in total.